The van der Waals surface area contributed by atoms with E-state index in [4.69, 9.17) is 20.1 Å². The molecule has 1 aromatic rings. The normalized spacial score (nSPS) is 11.1. The molecule has 0 bridgehead atoms. The van der Waals surface area contributed by atoms with E-state index in [9.17, 15) is 5.11 Å². The highest BCUT2D eigenvalue weighted by Crippen LogP contribution is 2.34. The van der Waals surface area contributed by atoms with Crippen LogP contribution in [0.5, 0.6) is 11.5 Å². The van der Waals surface area contributed by atoms with Gasteiger partial charge in [0, 0.05) is 0 Å². The van der Waals surface area contributed by atoms with Crippen molar-refractivity contribution in [1.29, 1.82) is 0 Å². The van der Waals surface area contributed by atoms with Crippen molar-refractivity contribution >= 4 is 0 Å². The number of hydrogen-bond acceptors (Lipinski definition) is 5. The molecule has 0 aliphatic heterocycles. The number of ether oxygens (including phenoxy) is 1. The van der Waals surface area contributed by atoms with Gasteiger partial charge in [0.05, 0.1) is 5.56 Å². The van der Waals surface area contributed by atoms with Crippen LogP contribution in [0.3, 0.4) is 0 Å². The zero-order valence-corrected chi connectivity index (χ0v) is 7.92. The molecule has 0 spiro atoms. The van der Waals surface area contributed by atoms with Gasteiger partial charge in [-0.2, -0.15) is 0 Å². The van der Waals surface area contributed by atoms with E-state index < -0.39 is 5.97 Å². The molecule has 0 unspecified atom stereocenters. The molecule has 0 saturated heterocycles. The second-order valence-corrected chi connectivity index (χ2v) is 2.89. The summed E-state index contributed by atoms with van der Waals surface area (Å²) >= 11 is 0. The fraction of sp³-hybridized carbons (Fsp3) is 0.200. The maximum atomic E-state index is 9.39. The lowest BCUT2D eigenvalue weighted by Gasteiger charge is -2.18. The third kappa shape index (κ3) is 2.69. The molecule has 0 aliphatic carbocycles. The number of hydrogen-bond donors (Lipinski definition) is 4. The molecule has 15 heavy (non-hydrogen) atoms. The zero-order valence-electron chi connectivity index (χ0n) is 7.92. The standard InChI is InChI=1S/C10H12O5/c1-2-6-15-9-7(10(12,13)14)4-3-5-8(9)11/h2-5,11-14H,1,6H2. The predicted octanol–water partition coefficient (Wildman–Crippen LogP) is 0.0442. The zero-order chi connectivity index (χ0) is 11.5. The van der Waals surface area contributed by atoms with Crippen LogP contribution in [0, 0.1) is 0 Å². The van der Waals surface area contributed by atoms with Crippen molar-refractivity contribution < 1.29 is 25.2 Å². The van der Waals surface area contributed by atoms with Crippen molar-refractivity contribution in [2.45, 2.75) is 5.97 Å². The van der Waals surface area contributed by atoms with E-state index in [1.165, 1.54) is 24.3 Å². The Hall–Kier alpha value is -1.56. The second-order valence-electron chi connectivity index (χ2n) is 2.89. The lowest BCUT2D eigenvalue weighted by atomic mass is 10.1. The summed E-state index contributed by atoms with van der Waals surface area (Å²) in [6.07, 6.45) is 1.42. The smallest absolute Gasteiger partial charge is 0.308 e. The maximum Gasteiger partial charge on any atom is 0.308 e. The van der Waals surface area contributed by atoms with Gasteiger partial charge < -0.3 is 25.2 Å². The molecule has 5 heteroatoms. The average molecular weight is 212 g/mol. The van der Waals surface area contributed by atoms with Gasteiger partial charge in [-0.15, -0.1) is 0 Å². The molecule has 0 radical (unpaired) electrons. The van der Waals surface area contributed by atoms with Crippen molar-refractivity contribution in [2.75, 3.05) is 6.61 Å². The summed E-state index contributed by atoms with van der Waals surface area (Å²) in [5, 5.41) is 36.4. The van der Waals surface area contributed by atoms with E-state index in [2.05, 4.69) is 6.58 Å². The van der Waals surface area contributed by atoms with Crippen LogP contribution in [0.2, 0.25) is 0 Å². The van der Waals surface area contributed by atoms with Crippen molar-refractivity contribution in [2.24, 2.45) is 0 Å². The number of aromatic hydroxyl groups is 1. The summed E-state index contributed by atoms with van der Waals surface area (Å²) in [6.45, 7) is 3.47. The SMILES string of the molecule is C=CCOc1c(O)cccc1C(O)(O)O. The Morgan fingerprint density at radius 1 is 1.33 bits per heavy atom. The molecule has 0 aliphatic rings. The minimum absolute atomic E-state index is 0.0701. The van der Waals surface area contributed by atoms with E-state index >= 15 is 0 Å². The molecule has 0 saturated carbocycles. The largest absolute Gasteiger partial charge is 0.504 e. The summed E-state index contributed by atoms with van der Waals surface area (Å²) in [6, 6.07) is 3.87. The molecule has 0 atom stereocenters. The van der Waals surface area contributed by atoms with Gasteiger partial charge in [-0.1, -0.05) is 18.7 Å². The fourth-order valence-corrected chi connectivity index (χ4v) is 1.08. The first-order valence-corrected chi connectivity index (χ1v) is 4.20. The van der Waals surface area contributed by atoms with E-state index in [1.807, 2.05) is 0 Å². The Kier molecular flexibility index (Phi) is 3.31. The molecule has 82 valence electrons. The number of benzene rings is 1. The molecule has 0 heterocycles. The molecule has 0 aromatic heterocycles. The minimum Gasteiger partial charge on any atom is -0.504 e. The Balaban J connectivity index is 3.14. The van der Waals surface area contributed by atoms with Crippen LogP contribution in [0.15, 0.2) is 30.9 Å². The van der Waals surface area contributed by atoms with Crippen LogP contribution in [0.4, 0.5) is 0 Å². The van der Waals surface area contributed by atoms with Crippen LogP contribution in [-0.2, 0) is 5.97 Å². The van der Waals surface area contributed by atoms with Crippen LogP contribution in [-0.4, -0.2) is 27.0 Å². The Labute approximate surface area is 86.5 Å². The molecule has 4 N–H and O–H groups in total. The highest BCUT2D eigenvalue weighted by molar-refractivity contribution is 5.46. The van der Waals surface area contributed by atoms with Crippen molar-refractivity contribution in [3.8, 4) is 11.5 Å². The van der Waals surface area contributed by atoms with Crippen LogP contribution in [0.1, 0.15) is 5.56 Å². The van der Waals surface area contributed by atoms with Gasteiger partial charge in [-0.05, 0) is 12.1 Å². The Morgan fingerprint density at radius 3 is 2.53 bits per heavy atom. The number of phenolic OH excluding ortho intramolecular Hbond substituents is 1. The monoisotopic (exact) mass is 212 g/mol. The van der Waals surface area contributed by atoms with Crippen LogP contribution >= 0.6 is 0 Å². The van der Waals surface area contributed by atoms with Gasteiger partial charge in [-0.25, -0.2) is 0 Å². The highest BCUT2D eigenvalue weighted by Gasteiger charge is 2.28. The predicted molar refractivity (Wildman–Crippen MR) is 52.1 cm³/mol. The van der Waals surface area contributed by atoms with Gasteiger partial charge in [0.1, 0.15) is 6.61 Å². The molecule has 1 aromatic carbocycles. The van der Waals surface area contributed by atoms with Gasteiger partial charge >= 0.3 is 5.97 Å². The third-order valence-corrected chi connectivity index (χ3v) is 1.70. The van der Waals surface area contributed by atoms with Crippen molar-refractivity contribution in [3.05, 3.63) is 36.4 Å². The first-order chi connectivity index (χ1) is 6.96. The molecule has 5 nitrogen and oxygen atoms in total. The van der Waals surface area contributed by atoms with Crippen LogP contribution < -0.4 is 4.74 Å². The van der Waals surface area contributed by atoms with Crippen LogP contribution in [0.25, 0.3) is 0 Å². The average Bonchev–Trinajstić information content (AvgIpc) is 2.14. The summed E-state index contributed by atoms with van der Waals surface area (Å²) in [5.41, 5.74) is -0.329. The maximum absolute atomic E-state index is 9.39. The fourth-order valence-electron chi connectivity index (χ4n) is 1.08. The lowest BCUT2D eigenvalue weighted by molar-refractivity contribution is -0.324. The number of aliphatic hydroxyl groups is 3. The van der Waals surface area contributed by atoms with Crippen molar-refractivity contribution in [1.82, 2.24) is 0 Å². The molecule has 1 rings (SSSR count). The summed E-state index contributed by atoms with van der Waals surface area (Å²) in [7, 11) is 0. The highest BCUT2D eigenvalue weighted by atomic mass is 16.7. The summed E-state index contributed by atoms with van der Waals surface area (Å²) in [5.74, 6) is -3.53. The van der Waals surface area contributed by atoms with Crippen molar-refractivity contribution in [3.63, 3.8) is 0 Å². The van der Waals surface area contributed by atoms with E-state index in [0.717, 1.165) is 0 Å². The first kappa shape index (κ1) is 11.5. The summed E-state index contributed by atoms with van der Waals surface area (Å²) in [4.78, 5) is 0. The molecular weight excluding hydrogens is 200 g/mol. The molecule has 0 fully saturated rings. The number of phenols is 1. The lowest BCUT2D eigenvalue weighted by Crippen LogP contribution is -2.24. The van der Waals surface area contributed by atoms with Gasteiger partial charge in [0.15, 0.2) is 11.5 Å². The third-order valence-electron chi connectivity index (χ3n) is 1.70. The second kappa shape index (κ2) is 4.31. The van der Waals surface area contributed by atoms with E-state index in [1.54, 1.807) is 0 Å². The Bertz CT molecular complexity index is 353. The topological polar surface area (TPSA) is 90.2 Å². The molecule has 0 amide bonds. The quantitative estimate of drug-likeness (QED) is 0.418. The summed E-state index contributed by atoms with van der Waals surface area (Å²) < 4.78 is 5.00. The van der Waals surface area contributed by atoms with E-state index in [-0.39, 0.29) is 23.7 Å². The Morgan fingerprint density at radius 2 is 2.00 bits per heavy atom. The number of rotatable bonds is 4. The number of para-hydroxylation sites is 1. The minimum atomic E-state index is -3.05. The van der Waals surface area contributed by atoms with Gasteiger partial charge in [0.25, 0.3) is 0 Å². The first-order valence-electron chi connectivity index (χ1n) is 4.20. The molecular formula is C10H12O5. The van der Waals surface area contributed by atoms with Gasteiger partial charge in [-0.3, -0.25) is 0 Å². The van der Waals surface area contributed by atoms with E-state index in [0.29, 0.717) is 0 Å². The van der Waals surface area contributed by atoms with Gasteiger partial charge in [0.2, 0.25) is 0 Å².